The summed E-state index contributed by atoms with van der Waals surface area (Å²) in [6, 6.07) is 17.8. The van der Waals surface area contributed by atoms with Crippen molar-refractivity contribution in [1.82, 2.24) is 10.3 Å². The molecule has 0 radical (unpaired) electrons. The van der Waals surface area contributed by atoms with Crippen LogP contribution < -0.4 is 10.6 Å². The average Bonchev–Trinajstić information content (AvgIpc) is 2.79. The lowest BCUT2D eigenvalue weighted by Crippen LogP contribution is -2.26. The van der Waals surface area contributed by atoms with Crippen LogP contribution in [-0.2, 0) is 11.3 Å². The number of benzene rings is 2. The van der Waals surface area contributed by atoms with Crippen LogP contribution in [0.15, 0.2) is 66.9 Å². The van der Waals surface area contributed by atoms with Crippen molar-refractivity contribution in [3.8, 4) is 0 Å². The summed E-state index contributed by atoms with van der Waals surface area (Å²) >= 11 is 5.85. The van der Waals surface area contributed by atoms with E-state index in [9.17, 15) is 9.59 Å². The van der Waals surface area contributed by atoms with Gasteiger partial charge in [0, 0.05) is 22.6 Å². The second-order valence-corrected chi connectivity index (χ2v) is 8.21. The number of pyridine rings is 1. The molecule has 0 saturated heterocycles. The minimum Gasteiger partial charge on any atom is -0.444 e. The fourth-order valence-electron chi connectivity index (χ4n) is 2.98. The molecular weight excluding hydrogens is 426 g/mol. The fourth-order valence-corrected chi connectivity index (χ4v) is 3.11. The number of carbonyl (C=O) groups is 2. The maximum atomic E-state index is 12.5. The third-order valence-electron chi connectivity index (χ3n) is 4.93. The highest BCUT2D eigenvalue weighted by Crippen LogP contribution is 2.18. The molecule has 0 aliphatic heterocycles. The van der Waals surface area contributed by atoms with Crippen LogP contribution >= 0.6 is 11.6 Å². The maximum absolute atomic E-state index is 12.5. The Hall–Kier alpha value is -3.38. The molecule has 0 spiro atoms. The molecule has 2 amide bonds. The highest BCUT2D eigenvalue weighted by Gasteiger charge is 2.13. The predicted molar refractivity (Wildman–Crippen MR) is 126 cm³/mol. The van der Waals surface area contributed by atoms with Crippen LogP contribution in [0.2, 0.25) is 5.02 Å². The highest BCUT2D eigenvalue weighted by atomic mass is 35.5. The first-order valence-electron chi connectivity index (χ1n) is 10.4. The smallest absolute Gasteiger partial charge is 0.411 e. The van der Waals surface area contributed by atoms with Gasteiger partial charge in [0.2, 0.25) is 0 Å². The summed E-state index contributed by atoms with van der Waals surface area (Å²) in [4.78, 5) is 28.9. The minimum absolute atomic E-state index is 0.150. The number of nitrogens with one attached hydrogen (secondary N) is 2. The van der Waals surface area contributed by atoms with Crippen molar-refractivity contribution in [3.05, 3.63) is 94.3 Å². The molecule has 3 aromatic rings. The zero-order valence-corrected chi connectivity index (χ0v) is 19.0. The van der Waals surface area contributed by atoms with E-state index in [1.54, 1.807) is 48.7 Å². The molecule has 0 fully saturated rings. The summed E-state index contributed by atoms with van der Waals surface area (Å²) < 4.78 is 5.22. The normalized spacial score (nSPS) is 11.7. The van der Waals surface area contributed by atoms with Crippen LogP contribution in [0.25, 0.3) is 0 Å². The van der Waals surface area contributed by atoms with E-state index in [-0.39, 0.29) is 18.6 Å². The number of hydrogen-bond donors (Lipinski definition) is 2. The van der Waals surface area contributed by atoms with Crippen molar-refractivity contribution < 1.29 is 14.3 Å². The Morgan fingerprint density at radius 1 is 0.969 bits per heavy atom. The molecule has 0 aliphatic carbocycles. The van der Waals surface area contributed by atoms with Crippen LogP contribution in [0, 0.1) is 0 Å². The summed E-state index contributed by atoms with van der Waals surface area (Å²) in [6.45, 7) is 6.16. The molecule has 1 heterocycles. The van der Waals surface area contributed by atoms with Gasteiger partial charge in [-0.3, -0.25) is 15.1 Å². The van der Waals surface area contributed by atoms with Gasteiger partial charge in [-0.05, 0) is 60.4 Å². The third-order valence-corrected chi connectivity index (χ3v) is 5.18. The summed E-state index contributed by atoms with van der Waals surface area (Å²) in [5.41, 5.74) is 3.82. The molecule has 0 saturated carbocycles. The van der Waals surface area contributed by atoms with E-state index in [4.69, 9.17) is 16.3 Å². The molecule has 3 rings (SSSR count). The summed E-state index contributed by atoms with van der Waals surface area (Å²) in [5, 5.41) is 6.28. The first kappa shape index (κ1) is 23.3. The van der Waals surface area contributed by atoms with Crippen molar-refractivity contribution in [2.24, 2.45) is 0 Å². The lowest BCUT2D eigenvalue weighted by Gasteiger charge is -2.15. The zero-order valence-electron chi connectivity index (χ0n) is 18.3. The molecule has 0 aliphatic rings. The van der Waals surface area contributed by atoms with Crippen molar-refractivity contribution in [2.45, 2.75) is 39.3 Å². The minimum atomic E-state index is -0.550. The highest BCUT2D eigenvalue weighted by molar-refractivity contribution is 6.30. The van der Waals surface area contributed by atoms with E-state index >= 15 is 0 Å². The molecule has 32 heavy (non-hydrogen) atoms. The Morgan fingerprint density at radius 3 is 2.25 bits per heavy atom. The zero-order chi connectivity index (χ0) is 23.1. The molecule has 6 nitrogen and oxygen atoms in total. The molecule has 1 atom stereocenters. The summed E-state index contributed by atoms with van der Waals surface area (Å²) in [6.07, 6.45) is 1.05. The Morgan fingerprint density at radius 2 is 1.66 bits per heavy atom. The molecule has 1 unspecified atom stereocenters. The van der Waals surface area contributed by atoms with Crippen LogP contribution in [0.5, 0.6) is 0 Å². The quantitative estimate of drug-likeness (QED) is 0.455. The van der Waals surface area contributed by atoms with E-state index in [0.717, 1.165) is 16.8 Å². The first-order valence-corrected chi connectivity index (χ1v) is 10.7. The molecular formula is C25H26ClN3O3. The number of halogens is 1. The fraction of sp³-hybridized carbons (Fsp3) is 0.240. The van der Waals surface area contributed by atoms with Gasteiger partial charge in [0.25, 0.3) is 5.91 Å². The number of nitrogens with zero attached hydrogens (tertiary/aromatic N) is 1. The first-order chi connectivity index (χ1) is 15.3. The van der Waals surface area contributed by atoms with Gasteiger partial charge < -0.3 is 10.1 Å². The molecule has 0 bridgehead atoms. The summed E-state index contributed by atoms with van der Waals surface area (Å²) in [7, 11) is 0. The van der Waals surface area contributed by atoms with Crippen molar-refractivity contribution >= 4 is 29.3 Å². The van der Waals surface area contributed by atoms with Crippen LogP contribution in [0.4, 0.5) is 10.5 Å². The van der Waals surface area contributed by atoms with Gasteiger partial charge in [-0.25, -0.2) is 4.79 Å². The monoisotopic (exact) mass is 451 g/mol. The van der Waals surface area contributed by atoms with Crippen molar-refractivity contribution in [2.75, 3.05) is 5.32 Å². The second-order valence-electron chi connectivity index (χ2n) is 7.77. The van der Waals surface area contributed by atoms with Gasteiger partial charge >= 0.3 is 6.09 Å². The number of aromatic nitrogens is 1. The van der Waals surface area contributed by atoms with Gasteiger partial charge in [-0.15, -0.1) is 0 Å². The van der Waals surface area contributed by atoms with Gasteiger partial charge in [0.1, 0.15) is 6.61 Å². The van der Waals surface area contributed by atoms with E-state index in [1.807, 2.05) is 25.1 Å². The number of ether oxygens (including phenoxy) is 1. The lowest BCUT2D eigenvalue weighted by molar-refractivity contribution is 0.0939. The SMILES string of the molecule is CC(C)c1ccc(C(=O)NC(C)c2ccc(NC(=O)OCc3ccc(Cl)cc3)cc2)cn1. The Labute approximate surface area is 193 Å². The topological polar surface area (TPSA) is 80.3 Å². The van der Waals surface area contributed by atoms with E-state index < -0.39 is 6.09 Å². The molecule has 1 aromatic heterocycles. The average molecular weight is 452 g/mol. The van der Waals surface area contributed by atoms with Crippen molar-refractivity contribution in [1.29, 1.82) is 0 Å². The lowest BCUT2D eigenvalue weighted by atomic mass is 10.1. The van der Waals surface area contributed by atoms with E-state index in [2.05, 4.69) is 29.5 Å². The Kier molecular flexibility index (Phi) is 7.84. The number of amides is 2. The van der Waals surface area contributed by atoms with Gasteiger partial charge in [-0.1, -0.05) is 49.7 Å². The number of carbonyl (C=O) groups excluding carboxylic acids is 2. The molecule has 166 valence electrons. The maximum Gasteiger partial charge on any atom is 0.411 e. The summed E-state index contributed by atoms with van der Waals surface area (Å²) in [5.74, 6) is 0.126. The van der Waals surface area contributed by atoms with Crippen LogP contribution in [-0.4, -0.2) is 17.0 Å². The molecule has 2 N–H and O–H groups in total. The van der Waals surface area contributed by atoms with Gasteiger partial charge in [-0.2, -0.15) is 0 Å². The number of anilines is 1. The Bertz CT molecular complexity index is 1050. The Balaban J connectivity index is 1.50. The molecule has 7 heteroatoms. The molecule has 2 aromatic carbocycles. The standard InChI is InChI=1S/C25H26ClN3O3/c1-16(2)23-13-8-20(14-27-23)24(30)28-17(3)19-6-11-22(12-7-19)29-25(31)32-15-18-4-9-21(26)10-5-18/h4-14,16-17H,15H2,1-3H3,(H,28,30)(H,29,31). The van der Waals surface area contributed by atoms with Crippen LogP contribution in [0.1, 0.15) is 59.9 Å². The van der Waals surface area contributed by atoms with E-state index in [0.29, 0.717) is 22.2 Å². The largest absolute Gasteiger partial charge is 0.444 e. The van der Waals surface area contributed by atoms with Gasteiger partial charge in [0.15, 0.2) is 0 Å². The third kappa shape index (κ3) is 6.56. The van der Waals surface area contributed by atoms with Crippen LogP contribution in [0.3, 0.4) is 0 Å². The predicted octanol–water partition coefficient (Wildman–Crippen LogP) is 6.10. The van der Waals surface area contributed by atoms with E-state index in [1.165, 1.54) is 0 Å². The van der Waals surface area contributed by atoms with Gasteiger partial charge in [0.05, 0.1) is 11.6 Å². The van der Waals surface area contributed by atoms with Crippen molar-refractivity contribution in [3.63, 3.8) is 0 Å². The number of rotatable bonds is 7. The second kappa shape index (κ2) is 10.8. The number of hydrogen-bond acceptors (Lipinski definition) is 4.